The zero-order chi connectivity index (χ0) is 16.4. The first-order valence-corrected chi connectivity index (χ1v) is 8.36. The number of fused-ring (bicyclic) bond motifs is 1. The van der Waals surface area contributed by atoms with Gasteiger partial charge in [0.25, 0.3) is 0 Å². The van der Waals surface area contributed by atoms with Gasteiger partial charge in [0.1, 0.15) is 5.52 Å². The van der Waals surface area contributed by atoms with Crippen molar-refractivity contribution in [2.24, 2.45) is 0 Å². The lowest BCUT2D eigenvalue weighted by molar-refractivity contribution is -0.105. The number of piperidine rings is 1. The molecular formula is C19H21ClN4O. The number of amides is 1. The minimum absolute atomic E-state index is 0. The number of halogens is 1. The molecule has 3 aromatic rings. The maximum absolute atomic E-state index is 10.9. The van der Waals surface area contributed by atoms with E-state index in [0.717, 1.165) is 53.8 Å². The number of rotatable bonds is 4. The Morgan fingerprint density at radius 3 is 2.56 bits per heavy atom. The van der Waals surface area contributed by atoms with E-state index >= 15 is 0 Å². The zero-order valence-electron chi connectivity index (χ0n) is 13.8. The van der Waals surface area contributed by atoms with Gasteiger partial charge in [-0.05, 0) is 32.0 Å². The average molecular weight is 357 g/mol. The number of carbonyl (C=O) groups excluding carboxylic acids is 1. The van der Waals surface area contributed by atoms with Crippen molar-refractivity contribution in [3.8, 4) is 11.3 Å². The number of nitrogens with zero attached hydrogens (tertiary/aromatic N) is 2. The molecule has 0 saturated carbocycles. The Morgan fingerprint density at radius 2 is 1.84 bits per heavy atom. The summed E-state index contributed by atoms with van der Waals surface area (Å²) in [6, 6.07) is 16.7. The highest BCUT2D eigenvalue weighted by molar-refractivity contribution is 6.01. The third-order valence-corrected chi connectivity index (χ3v) is 4.64. The molecule has 130 valence electrons. The molecule has 0 spiro atoms. The Kier molecular flexibility index (Phi) is 5.36. The smallest absolute Gasteiger partial charge is 0.211 e. The van der Waals surface area contributed by atoms with Gasteiger partial charge in [0.15, 0.2) is 0 Å². The van der Waals surface area contributed by atoms with Gasteiger partial charge in [-0.1, -0.05) is 42.5 Å². The fourth-order valence-corrected chi connectivity index (χ4v) is 3.50. The molecule has 4 rings (SSSR count). The molecule has 0 atom stereocenters. The highest BCUT2D eigenvalue weighted by atomic mass is 35.5. The molecule has 2 aromatic carbocycles. The summed E-state index contributed by atoms with van der Waals surface area (Å²) in [4.78, 5) is 10.9. The van der Waals surface area contributed by atoms with Crippen molar-refractivity contribution in [2.75, 3.05) is 18.4 Å². The predicted molar refractivity (Wildman–Crippen MR) is 103 cm³/mol. The summed E-state index contributed by atoms with van der Waals surface area (Å²) in [5.41, 5.74) is 3.89. The molecule has 0 bridgehead atoms. The van der Waals surface area contributed by atoms with E-state index in [4.69, 9.17) is 5.10 Å². The second-order valence-corrected chi connectivity index (χ2v) is 6.10. The molecule has 6 heteroatoms. The molecule has 0 aliphatic carbocycles. The standard InChI is InChI=1S/C19H20N4O.ClH/c24-13-21-17-8-4-7-16-18(17)22-23(15-9-11-20-12-10-15)19(16)14-5-2-1-3-6-14;/h1-8,13,15,20H,9-12H2,(H,21,24);1H. The van der Waals surface area contributed by atoms with Gasteiger partial charge in [-0.15, -0.1) is 12.4 Å². The number of hydrogen-bond donors (Lipinski definition) is 2. The van der Waals surface area contributed by atoms with Crippen LogP contribution in [0.25, 0.3) is 22.2 Å². The number of hydrogen-bond acceptors (Lipinski definition) is 3. The van der Waals surface area contributed by atoms with Crippen LogP contribution in [0.4, 0.5) is 5.69 Å². The van der Waals surface area contributed by atoms with Gasteiger partial charge >= 0.3 is 0 Å². The van der Waals surface area contributed by atoms with Crippen LogP contribution in [0.5, 0.6) is 0 Å². The molecule has 0 unspecified atom stereocenters. The molecule has 1 aliphatic heterocycles. The molecule has 2 N–H and O–H groups in total. The number of nitrogens with one attached hydrogen (secondary N) is 2. The summed E-state index contributed by atoms with van der Waals surface area (Å²) in [5, 5.41) is 12.2. The fraction of sp³-hybridized carbons (Fsp3) is 0.263. The van der Waals surface area contributed by atoms with Gasteiger partial charge in [0, 0.05) is 10.9 Å². The van der Waals surface area contributed by atoms with Crippen molar-refractivity contribution in [1.82, 2.24) is 15.1 Å². The zero-order valence-corrected chi connectivity index (χ0v) is 14.6. The second kappa shape index (κ2) is 7.68. The van der Waals surface area contributed by atoms with E-state index in [1.807, 2.05) is 18.2 Å². The van der Waals surface area contributed by atoms with Crippen LogP contribution in [-0.2, 0) is 4.79 Å². The molecule has 1 saturated heterocycles. The summed E-state index contributed by atoms with van der Waals surface area (Å²) in [5.74, 6) is 0. The summed E-state index contributed by atoms with van der Waals surface area (Å²) >= 11 is 0. The monoisotopic (exact) mass is 356 g/mol. The maximum Gasteiger partial charge on any atom is 0.211 e. The highest BCUT2D eigenvalue weighted by Gasteiger charge is 2.23. The van der Waals surface area contributed by atoms with Crippen LogP contribution in [0.2, 0.25) is 0 Å². The van der Waals surface area contributed by atoms with Gasteiger partial charge < -0.3 is 10.6 Å². The van der Waals surface area contributed by atoms with Crippen LogP contribution < -0.4 is 10.6 Å². The van der Waals surface area contributed by atoms with Gasteiger partial charge in [-0.25, -0.2) is 0 Å². The molecule has 1 amide bonds. The first-order valence-electron chi connectivity index (χ1n) is 8.36. The lowest BCUT2D eigenvalue weighted by atomic mass is 10.0. The minimum Gasteiger partial charge on any atom is -0.327 e. The van der Waals surface area contributed by atoms with Crippen LogP contribution in [-0.4, -0.2) is 29.3 Å². The first kappa shape index (κ1) is 17.5. The van der Waals surface area contributed by atoms with E-state index in [1.165, 1.54) is 0 Å². The summed E-state index contributed by atoms with van der Waals surface area (Å²) in [6.07, 6.45) is 2.83. The van der Waals surface area contributed by atoms with Crippen molar-refractivity contribution in [3.05, 3.63) is 48.5 Å². The predicted octanol–water partition coefficient (Wildman–Crippen LogP) is 3.62. The van der Waals surface area contributed by atoms with Crippen molar-refractivity contribution in [1.29, 1.82) is 0 Å². The third-order valence-electron chi connectivity index (χ3n) is 4.64. The Hall–Kier alpha value is -2.37. The summed E-state index contributed by atoms with van der Waals surface area (Å²) in [7, 11) is 0. The van der Waals surface area contributed by atoms with Crippen LogP contribution in [0.1, 0.15) is 18.9 Å². The molecule has 2 heterocycles. The van der Waals surface area contributed by atoms with Crippen LogP contribution >= 0.6 is 12.4 Å². The van der Waals surface area contributed by atoms with Gasteiger partial charge in [0.2, 0.25) is 6.41 Å². The lowest BCUT2D eigenvalue weighted by Crippen LogP contribution is -2.30. The Bertz CT molecular complexity index is 856. The fourth-order valence-electron chi connectivity index (χ4n) is 3.50. The van der Waals surface area contributed by atoms with Crippen LogP contribution in [0, 0.1) is 0 Å². The Labute approximate surface area is 152 Å². The average Bonchev–Trinajstić information content (AvgIpc) is 3.04. The molecule has 1 aromatic heterocycles. The van der Waals surface area contributed by atoms with E-state index in [1.54, 1.807) is 0 Å². The van der Waals surface area contributed by atoms with Crippen molar-refractivity contribution < 1.29 is 4.79 Å². The molecule has 25 heavy (non-hydrogen) atoms. The van der Waals surface area contributed by atoms with E-state index in [-0.39, 0.29) is 12.4 Å². The minimum atomic E-state index is 0. The lowest BCUT2D eigenvalue weighted by Gasteiger charge is -2.25. The van der Waals surface area contributed by atoms with E-state index in [9.17, 15) is 4.79 Å². The topological polar surface area (TPSA) is 59.0 Å². The Morgan fingerprint density at radius 1 is 1.08 bits per heavy atom. The molecule has 1 fully saturated rings. The van der Waals surface area contributed by atoms with Gasteiger partial charge in [0.05, 0.1) is 17.4 Å². The number of anilines is 1. The number of benzene rings is 2. The van der Waals surface area contributed by atoms with Crippen molar-refractivity contribution in [2.45, 2.75) is 18.9 Å². The van der Waals surface area contributed by atoms with E-state index < -0.39 is 0 Å². The van der Waals surface area contributed by atoms with Crippen molar-refractivity contribution in [3.63, 3.8) is 0 Å². The second-order valence-electron chi connectivity index (χ2n) is 6.10. The molecule has 1 aliphatic rings. The quantitative estimate of drug-likeness (QED) is 0.702. The maximum atomic E-state index is 10.9. The Balaban J connectivity index is 0.00000182. The highest BCUT2D eigenvalue weighted by Crippen LogP contribution is 2.35. The first-order chi connectivity index (χ1) is 11.9. The summed E-state index contributed by atoms with van der Waals surface area (Å²) < 4.78 is 2.16. The number of aromatic nitrogens is 2. The number of carbonyl (C=O) groups is 1. The van der Waals surface area contributed by atoms with Crippen molar-refractivity contribution >= 4 is 35.4 Å². The molecular weight excluding hydrogens is 336 g/mol. The SMILES string of the molecule is Cl.O=CNc1cccc2c(-c3ccccc3)n(C3CCNCC3)nc12. The summed E-state index contributed by atoms with van der Waals surface area (Å²) in [6.45, 7) is 2.02. The van der Waals surface area contributed by atoms with Gasteiger partial charge in [-0.2, -0.15) is 5.10 Å². The largest absolute Gasteiger partial charge is 0.327 e. The normalized spacial score (nSPS) is 14.9. The third kappa shape index (κ3) is 3.25. The molecule has 0 radical (unpaired) electrons. The van der Waals surface area contributed by atoms with Crippen LogP contribution in [0.3, 0.4) is 0 Å². The van der Waals surface area contributed by atoms with Crippen LogP contribution in [0.15, 0.2) is 48.5 Å². The molecule has 5 nitrogen and oxygen atoms in total. The van der Waals surface area contributed by atoms with E-state index in [2.05, 4.69) is 45.6 Å². The van der Waals surface area contributed by atoms with Gasteiger partial charge in [-0.3, -0.25) is 9.48 Å². The van der Waals surface area contributed by atoms with E-state index in [0.29, 0.717) is 12.5 Å².